The Labute approximate surface area is 80.3 Å². The van der Waals surface area contributed by atoms with Crippen molar-refractivity contribution in [2.24, 2.45) is 7.05 Å². The Morgan fingerprint density at radius 1 is 1.69 bits per heavy atom. The molecule has 1 fully saturated rings. The quantitative estimate of drug-likeness (QED) is 0.722. The maximum Gasteiger partial charge on any atom is 0.322 e. The van der Waals surface area contributed by atoms with Crippen LogP contribution in [0.2, 0.25) is 5.15 Å². The normalized spacial score (nSPS) is 16.5. The van der Waals surface area contributed by atoms with E-state index in [-0.39, 0.29) is 6.03 Å². The van der Waals surface area contributed by atoms with E-state index in [1.807, 2.05) is 0 Å². The second-order valence-electron chi connectivity index (χ2n) is 2.83. The SMILES string of the molecule is Cn1ncc(N2CCNC2=O)c1Cl. The summed E-state index contributed by atoms with van der Waals surface area (Å²) in [6.45, 7) is 1.30. The van der Waals surface area contributed by atoms with E-state index < -0.39 is 0 Å². The number of halogens is 1. The van der Waals surface area contributed by atoms with E-state index in [0.717, 1.165) is 0 Å². The molecule has 0 saturated carbocycles. The Morgan fingerprint density at radius 3 is 2.92 bits per heavy atom. The van der Waals surface area contributed by atoms with Gasteiger partial charge in [-0.2, -0.15) is 5.10 Å². The lowest BCUT2D eigenvalue weighted by Gasteiger charge is -2.11. The number of amides is 2. The maximum absolute atomic E-state index is 11.3. The van der Waals surface area contributed by atoms with E-state index >= 15 is 0 Å². The maximum atomic E-state index is 11.3. The van der Waals surface area contributed by atoms with Crippen molar-refractivity contribution in [2.75, 3.05) is 18.0 Å². The van der Waals surface area contributed by atoms with Crippen LogP contribution in [0.15, 0.2) is 6.20 Å². The average Bonchev–Trinajstić information content (AvgIpc) is 2.62. The number of hydrogen-bond donors (Lipinski definition) is 1. The van der Waals surface area contributed by atoms with Crippen molar-refractivity contribution in [3.05, 3.63) is 11.3 Å². The minimum Gasteiger partial charge on any atom is -0.336 e. The highest BCUT2D eigenvalue weighted by molar-refractivity contribution is 6.32. The molecule has 70 valence electrons. The van der Waals surface area contributed by atoms with Gasteiger partial charge in [0.25, 0.3) is 0 Å². The van der Waals surface area contributed by atoms with Crippen LogP contribution in [0.4, 0.5) is 10.5 Å². The molecule has 0 aromatic carbocycles. The van der Waals surface area contributed by atoms with Crippen molar-refractivity contribution in [1.29, 1.82) is 0 Å². The van der Waals surface area contributed by atoms with Crippen molar-refractivity contribution in [2.45, 2.75) is 0 Å². The lowest BCUT2D eigenvalue weighted by molar-refractivity contribution is 0.252. The number of carbonyl (C=O) groups is 1. The highest BCUT2D eigenvalue weighted by Gasteiger charge is 2.24. The standard InChI is InChI=1S/C7H9ClN4O/c1-11-6(8)5(4-10-11)12-3-2-9-7(12)13/h4H,2-3H2,1H3,(H,9,13). The van der Waals surface area contributed by atoms with Gasteiger partial charge in [-0.15, -0.1) is 0 Å². The van der Waals surface area contributed by atoms with Gasteiger partial charge in [0.15, 0.2) is 5.15 Å². The van der Waals surface area contributed by atoms with E-state index in [2.05, 4.69) is 10.4 Å². The molecule has 0 unspecified atom stereocenters. The van der Waals surface area contributed by atoms with Crippen LogP contribution in [0, 0.1) is 0 Å². The minimum absolute atomic E-state index is 0.116. The van der Waals surface area contributed by atoms with Crippen LogP contribution in [-0.4, -0.2) is 28.9 Å². The smallest absolute Gasteiger partial charge is 0.322 e. The van der Waals surface area contributed by atoms with Crippen LogP contribution in [0.25, 0.3) is 0 Å². The molecule has 1 N–H and O–H groups in total. The number of carbonyl (C=O) groups excluding carboxylic acids is 1. The summed E-state index contributed by atoms with van der Waals surface area (Å²) in [5, 5.41) is 7.14. The lowest BCUT2D eigenvalue weighted by Crippen LogP contribution is -2.27. The lowest BCUT2D eigenvalue weighted by atomic mass is 10.5. The van der Waals surface area contributed by atoms with Gasteiger partial charge in [0.1, 0.15) is 5.69 Å². The first-order chi connectivity index (χ1) is 6.20. The summed E-state index contributed by atoms with van der Waals surface area (Å²) in [6.07, 6.45) is 1.59. The highest BCUT2D eigenvalue weighted by atomic mass is 35.5. The summed E-state index contributed by atoms with van der Waals surface area (Å²) >= 11 is 5.93. The zero-order valence-electron chi connectivity index (χ0n) is 7.12. The Balaban J connectivity index is 2.34. The fourth-order valence-corrected chi connectivity index (χ4v) is 1.49. The van der Waals surface area contributed by atoms with Crippen LogP contribution >= 0.6 is 11.6 Å². The zero-order chi connectivity index (χ0) is 9.42. The summed E-state index contributed by atoms with van der Waals surface area (Å²) in [6, 6.07) is -0.116. The van der Waals surface area contributed by atoms with Crippen molar-refractivity contribution < 1.29 is 4.79 Å². The van der Waals surface area contributed by atoms with Crippen LogP contribution < -0.4 is 10.2 Å². The van der Waals surface area contributed by atoms with Crippen molar-refractivity contribution in [3.8, 4) is 0 Å². The van der Waals surface area contributed by atoms with Crippen LogP contribution in [0.5, 0.6) is 0 Å². The largest absolute Gasteiger partial charge is 0.336 e. The number of hydrogen-bond acceptors (Lipinski definition) is 2. The number of nitrogens with one attached hydrogen (secondary N) is 1. The first-order valence-electron chi connectivity index (χ1n) is 3.93. The fourth-order valence-electron chi connectivity index (χ4n) is 1.29. The molecule has 0 aliphatic carbocycles. The second-order valence-corrected chi connectivity index (χ2v) is 3.19. The Kier molecular flexibility index (Phi) is 1.88. The van der Waals surface area contributed by atoms with Crippen molar-refractivity contribution in [1.82, 2.24) is 15.1 Å². The summed E-state index contributed by atoms with van der Waals surface area (Å²) < 4.78 is 1.53. The topological polar surface area (TPSA) is 50.2 Å². The van der Waals surface area contributed by atoms with Gasteiger partial charge in [0.05, 0.1) is 6.20 Å². The number of anilines is 1. The molecule has 0 spiro atoms. The average molecular weight is 201 g/mol. The molecule has 1 aliphatic rings. The first-order valence-corrected chi connectivity index (χ1v) is 4.31. The van der Waals surface area contributed by atoms with Crippen LogP contribution in [0.1, 0.15) is 0 Å². The third-order valence-corrected chi connectivity index (χ3v) is 2.43. The summed E-state index contributed by atoms with van der Waals surface area (Å²) in [5.41, 5.74) is 0.666. The molecule has 1 aromatic rings. The molecule has 2 rings (SSSR count). The fraction of sp³-hybridized carbons (Fsp3) is 0.429. The number of rotatable bonds is 1. The van der Waals surface area contributed by atoms with Gasteiger partial charge < -0.3 is 5.32 Å². The predicted molar refractivity (Wildman–Crippen MR) is 49.0 cm³/mol. The number of nitrogens with zero attached hydrogens (tertiary/aromatic N) is 3. The van der Waals surface area contributed by atoms with Gasteiger partial charge in [-0.3, -0.25) is 9.58 Å². The molecule has 1 aromatic heterocycles. The molecule has 6 heteroatoms. The Hall–Kier alpha value is -1.23. The summed E-state index contributed by atoms with van der Waals surface area (Å²) in [5.74, 6) is 0. The van der Waals surface area contributed by atoms with Gasteiger partial charge in [0, 0.05) is 20.1 Å². The summed E-state index contributed by atoms with van der Waals surface area (Å²) in [7, 11) is 1.74. The number of aryl methyl sites for hydroxylation is 1. The highest BCUT2D eigenvalue weighted by Crippen LogP contribution is 2.25. The Bertz CT molecular complexity index is 348. The molecule has 0 radical (unpaired) electrons. The van der Waals surface area contributed by atoms with E-state index in [4.69, 9.17) is 11.6 Å². The molecule has 0 bridgehead atoms. The van der Waals surface area contributed by atoms with Crippen LogP contribution in [0.3, 0.4) is 0 Å². The van der Waals surface area contributed by atoms with Crippen LogP contribution in [-0.2, 0) is 7.05 Å². The third-order valence-electron chi connectivity index (χ3n) is 2.00. The van der Waals surface area contributed by atoms with Crippen molar-refractivity contribution in [3.63, 3.8) is 0 Å². The molecule has 1 aliphatic heterocycles. The molecular formula is C7H9ClN4O. The molecular weight excluding hydrogens is 192 g/mol. The van der Waals surface area contributed by atoms with E-state index in [1.165, 1.54) is 4.68 Å². The monoisotopic (exact) mass is 200 g/mol. The Morgan fingerprint density at radius 2 is 2.46 bits per heavy atom. The van der Waals surface area contributed by atoms with E-state index in [0.29, 0.717) is 23.9 Å². The molecule has 5 nitrogen and oxygen atoms in total. The van der Waals surface area contributed by atoms with Crippen molar-refractivity contribution >= 4 is 23.3 Å². The molecule has 13 heavy (non-hydrogen) atoms. The number of aromatic nitrogens is 2. The van der Waals surface area contributed by atoms with Gasteiger partial charge in [-0.1, -0.05) is 11.6 Å². The molecule has 0 atom stereocenters. The zero-order valence-corrected chi connectivity index (χ0v) is 7.88. The van der Waals surface area contributed by atoms with Gasteiger partial charge in [-0.25, -0.2) is 4.79 Å². The first kappa shape index (κ1) is 8.37. The summed E-state index contributed by atoms with van der Waals surface area (Å²) in [4.78, 5) is 12.8. The predicted octanol–water partition coefficient (Wildman–Crippen LogP) is 0.603. The third kappa shape index (κ3) is 1.25. The van der Waals surface area contributed by atoms with E-state index in [1.54, 1.807) is 18.1 Å². The van der Waals surface area contributed by atoms with E-state index in [9.17, 15) is 4.79 Å². The number of urea groups is 1. The van der Waals surface area contributed by atoms with Gasteiger partial charge in [0.2, 0.25) is 0 Å². The molecule has 2 heterocycles. The second kappa shape index (κ2) is 2.92. The molecule has 1 saturated heterocycles. The minimum atomic E-state index is -0.116. The molecule has 2 amide bonds. The van der Waals surface area contributed by atoms with Gasteiger partial charge in [-0.05, 0) is 0 Å². The van der Waals surface area contributed by atoms with Gasteiger partial charge >= 0.3 is 6.03 Å².